The summed E-state index contributed by atoms with van der Waals surface area (Å²) in [5.74, 6) is 0.470. The molecule has 0 bridgehead atoms. The molecule has 0 aliphatic heterocycles. The van der Waals surface area contributed by atoms with Gasteiger partial charge < -0.3 is 5.32 Å². The van der Waals surface area contributed by atoms with Gasteiger partial charge >= 0.3 is 0 Å². The van der Waals surface area contributed by atoms with Crippen molar-refractivity contribution < 1.29 is 4.39 Å². The lowest BCUT2D eigenvalue weighted by molar-refractivity contribution is 0.446. The minimum atomic E-state index is -0.235. The Morgan fingerprint density at radius 1 is 1.24 bits per heavy atom. The quantitative estimate of drug-likeness (QED) is 0.797. The number of benzene rings is 1. The molecule has 0 aliphatic rings. The predicted octanol–water partition coefficient (Wildman–Crippen LogP) is 4.39. The van der Waals surface area contributed by atoms with Gasteiger partial charge in [-0.1, -0.05) is 31.5 Å². The summed E-state index contributed by atoms with van der Waals surface area (Å²) in [5, 5.41) is 3.81. The van der Waals surface area contributed by atoms with E-state index in [0.29, 0.717) is 29.1 Å². The van der Waals surface area contributed by atoms with E-state index in [2.05, 4.69) is 26.1 Å². The molecule has 0 heterocycles. The third-order valence-corrected chi connectivity index (χ3v) is 3.22. The molecule has 1 atom stereocenters. The van der Waals surface area contributed by atoms with Crippen LogP contribution in [0.15, 0.2) is 18.2 Å². The standard InChI is InChI=1S/C14H21ClFN/c1-10(2)7-8-11(3)17-9-12-13(15)5-4-6-14(12)16/h4-6,10-11,17H,7-9H2,1-3H3. The Hall–Kier alpha value is -0.600. The molecule has 1 rings (SSSR count). The van der Waals surface area contributed by atoms with E-state index in [9.17, 15) is 4.39 Å². The monoisotopic (exact) mass is 257 g/mol. The molecule has 0 saturated heterocycles. The van der Waals surface area contributed by atoms with Crippen molar-refractivity contribution in [3.8, 4) is 0 Å². The van der Waals surface area contributed by atoms with Crippen molar-refractivity contribution in [2.75, 3.05) is 0 Å². The van der Waals surface area contributed by atoms with Gasteiger partial charge in [0, 0.05) is 23.2 Å². The van der Waals surface area contributed by atoms with Crippen molar-refractivity contribution in [3.63, 3.8) is 0 Å². The topological polar surface area (TPSA) is 12.0 Å². The molecule has 0 amide bonds. The van der Waals surface area contributed by atoms with Crippen LogP contribution in [0.1, 0.15) is 39.2 Å². The highest BCUT2D eigenvalue weighted by molar-refractivity contribution is 6.31. The number of hydrogen-bond donors (Lipinski definition) is 1. The van der Waals surface area contributed by atoms with Crippen molar-refractivity contribution in [1.82, 2.24) is 5.32 Å². The van der Waals surface area contributed by atoms with Crippen LogP contribution in [-0.2, 0) is 6.54 Å². The molecular formula is C14H21ClFN. The van der Waals surface area contributed by atoms with Crippen LogP contribution in [0.5, 0.6) is 0 Å². The molecule has 1 unspecified atom stereocenters. The normalized spacial score (nSPS) is 13.1. The molecule has 0 fully saturated rings. The summed E-state index contributed by atoms with van der Waals surface area (Å²) in [6.45, 7) is 7.03. The maximum absolute atomic E-state index is 13.5. The fourth-order valence-corrected chi connectivity index (χ4v) is 1.89. The highest BCUT2D eigenvalue weighted by atomic mass is 35.5. The molecule has 0 radical (unpaired) electrons. The van der Waals surface area contributed by atoms with Crippen molar-refractivity contribution in [2.24, 2.45) is 5.92 Å². The van der Waals surface area contributed by atoms with Gasteiger partial charge in [0.25, 0.3) is 0 Å². The van der Waals surface area contributed by atoms with Crippen molar-refractivity contribution in [2.45, 2.75) is 46.2 Å². The third-order valence-electron chi connectivity index (χ3n) is 2.87. The first-order valence-electron chi connectivity index (χ1n) is 6.17. The van der Waals surface area contributed by atoms with Gasteiger partial charge in [-0.3, -0.25) is 0 Å². The number of halogens is 2. The predicted molar refractivity (Wildman–Crippen MR) is 71.8 cm³/mol. The molecule has 3 heteroatoms. The highest BCUT2D eigenvalue weighted by Crippen LogP contribution is 2.19. The summed E-state index contributed by atoms with van der Waals surface area (Å²) in [6, 6.07) is 5.18. The molecule has 1 aromatic carbocycles. The van der Waals surface area contributed by atoms with E-state index in [-0.39, 0.29) is 5.82 Å². The number of nitrogens with one attached hydrogen (secondary N) is 1. The largest absolute Gasteiger partial charge is 0.310 e. The summed E-state index contributed by atoms with van der Waals surface area (Å²) in [6.07, 6.45) is 2.28. The lowest BCUT2D eigenvalue weighted by Gasteiger charge is -2.15. The van der Waals surface area contributed by atoms with Crippen LogP contribution in [0.25, 0.3) is 0 Å². The van der Waals surface area contributed by atoms with Crippen LogP contribution in [0.2, 0.25) is 5.02 Å². The summed E-state index contributed by atoms with van der Waals surface area (Å²) >= 11 is 5.96. The average molecular weight is 258 g/mol. The van der Waals surface area contributed by atoms with E-state index in [1.807, 2.05) is 0 Å². The van der Waals surface area contributed by atoms with E-state index in [1.54, 1.807) is 12.1 Å². The van der Waals surface area contributed by atoms with E-state index < -0.39 is 0 Å². The first-order chi connectivity index (χ1) is 8.00. The molecule has 1 nitrogen and oxygen atoms in total. The Bertz CT molecular complexity index is 332. The Kier molecular flexibility index (Phi) is 5.93. The van der Waals surface area contributed by atoms with Gasteiger partial charge in [0.2, 0.25) is 0 Å². The van der Waals surface area contributed by atoms with Crippen LogP contribution in [0, 0.1) is 11.7 Å². The number of rotatable bonds is 6. The van der Waals surface area contributed by atoms with Gasteiger partial charge in [0.15, 0.2) is 0 Å². The van der Waals surface area contributed by atoms with Gasteiger partial charge in [-0.05, 0) is 37.8 Å². The minimum absolute atomic E-state index is 0.235. The average Bonchev–Trinajstić information content (AvgIpc) is 2.25. The molecule has 0 aromatic heterocycles. The summed E-state index contributed by atoms with van der Waals surface area (Å²) < 4.78 is 13.5. The second-order valence-corrected chi connectivity index (χ2v) is 5.36. The second-order valence-electron chi connectivity index (χ2n) is 4.95. The fourth-order valence-electron chi connectivity index (χ4n) is 1.66. The lowest BCUT2D eigenvalue weighted by Crippen LogP contribution is -2.26. The van der Waals surface area contributed by atoms with Gasteiger partial charge in [-0.2, -0.15) is 0 Å². The Morgan fingerprint density at radius 2 is 1.94 bits per heavy atom. The molecule has 0 saturated carbocycles. The summed E-state index contributed by atoms with van der Waals surface area (Å²) in [5.41, 5.74) is 0.561. The summed E-state index contributed by atoms with van der Waals surface area (Å²) in [7, 11) is 0. The van der Waals surface area contributed by atoms with Crippen LogP contribution in [0.4, 0.5) is 4.39 Å². The zero-order valence-electron chi connectivity index (χ0n) is 10.8. The van der Waals surface area contributed by atoms with Gasteiger partial charge in [0.1, 0.15) is 5.82 Å². The molecule has 1 aromatic rings. The first kappa shape index (κ1) is 14.5. The first-order valence-corrected chi connectivity index (χ1v) is 6.54. The molecule has 0 aliphatic carbocycles. The molecule has 1 N–H and O–H groups in total. The number of hydrogen-bond acceptors (Lipinski definition) is 1. The third kappa shape index (κ3) is 5.05. The van der Waals surface area contributed by atoms with Gasteiger partial charge in [-0.25, -0.2) is 4.39 Å². The Balaban J connectivity index is 2.44. The minimum Gasteiger partial charge on any atom is -0.310 e. The van der Waals surface area contributed by atoms with Crippen LogP contribution in [-0.4, -0.2) is 6.04 Å². The maximum Gasteiger partial charge on any atom is 0.129 e. The molecular weight excluding hydrogens is 237 g/mol. The van der Waals surface area contributed by atoms with Gasteiger partial charge in [0.05, 0.1) is 0 Å². The van der Waals surface area contributed by atoms with E-state index in [0.717, 1.165) is 6.42 Å². The SMILES string of the molecule is CC(C)CCC(C)NCc1c(F)cccc1Cl. The van der Waals surface area contributed by atoms with Gasteiger partial charge in [-0.15, -0.1) is 0 Å². The zero-order valence-corrected chi connectivity index (χ0v) is 11.5. The van der Waals surface area contributed by atoms with Crippen LogP contribution >= 0.6 is 11.6 Å². The Morgan fingerprint density at radius 3 is 2.53 bits per heavy atom. The molecule has 17 heavy (non-hydrogen) atoms. The lowest BCUT2D eigenvalue weighted by atomic mass is 10.0. The summed E-state index contributed by atoms with van der Waals surface area (Å²) in [4.78, 5) is 0. The maximum atomic E-state index is 13.5. The van der Waals surface area contributed by atoms with E-state index in [4.69, 9.17) is 11.6 Å². The van der Waals surface area contributed by atoms with Crippen molar-refractivity contribution in [1.29, 1.82) is 0 Å². The zero-order chi connectivity index (χ0) is 12.8. The molecule has 0 spiro atoms. The van der Waals surface area contributed by atoms with E-state index >= 15 is 0 Å². The smallest absolute Gasteiger partial charge is 0.129 e. The van der Waals surface area contributed by atoms with Crippen molar-refractivity contribution in [3.05, 3.63) is 34.6 Å². The fraction of sp³-hybridized carbons (Fsp3) is 0.571. The van der Waals surface area contributed by atoms with E-state index in [1.165, 1.54) is 12.5 Å². The van der Waals surface area contributed by atoms with Crippen LogP contribution in [0.3, 0.4) is 0 Å². The van der Waals surface area contributed by atoms with Crippen LogP contribution < -0.4 is 5.32 Å². The second kappa shape index (κ2) is 6.97. The van der Waals surface area contributed by atoms with Crippen molar-refractivity contribution >= 4 is 11.6 Å². The highest BCUT2D eigenvalue weighted by Gasteiger charge is 2.08. The molecule has 96 valence electrons. The Labute approximate surface area is 108 Å².